The standard InChI is InChI=1S/C11H22O/c1-4-5-6-7-8-9-11(12)10(2)3/h11-12H,2,4-9H2,1,3H3/t11-/m1/s1. The number of aliphatic hydroxyl groups is 1. The second-order valence-electron chi connectivity index (χ2n) is 3.57. The molecule has 1 atom stereocenters. The molecule has 0 rings (SSSR count). The van der Waals surface area contributed by atoms with E-state index in [9.17, 15) is 5.11 Å². The summed E-state index contributed by atoms with van der Waals surface area (Å²) in [6.45, 7) is 7.82. The van der Waals surface area contributed by atoms with Gasteiger partial charge in [0.1, 0.15) is 0 Å². The lowest BCUT2D eigenvalue weighted by Crippen LogP contribution is -2.06. The van der Waals surface area contributed by atoms with Crippen LogP contribution in [0.25, 0.3) is 0 Å². The number of aliphatic hydroxyl groups excluding tert-OH is 1. The van der Waals surface area contributed by atoms with Crippen molar-refractivity contribution in [2.75, 3.05) is 0 Å². The van der Waals surface area contributed by atoms with Gasteiger partial charge in [-0.1, -0.05) is 51.2 Å². The van der Waals surface area contributed by atoms with Gasteiger partial charge in [-0.25, -0.2) is 0 Å². The van der Waals surface area contributed by atoms with Crippen molar-refractivity contribution in [3.8, 4) is 0 Å². The van der Waals surface area contributed by atoms with Crippen molar-refractivity contribution >= 4 is 0 Å². The maximum Gasteiger partial charge on any atom is 0.0744 e. The minimum atomic E-state index is -0.272. The molecule has 0 aromatic heterocycles. The van der Waals surface area contributed by atoms with Crippen molar-refractivity contribution < 1.29 is 5.11 Å². The fourth-order valence-electron chi connectivity index (χ4n) is 1.19. The molecule has 0 spiro atoms. The molecule has 0 unspecified atom stereocenters. The maximum absolute atomic E-state index is 9.38. The Labute approximate surface area is 76.5 Å². The Bertz CT molecular complexity index is 118. The normalized spacial score (nSPS) is 12.9. The molecule has 0 aliphatic heterocycles. The number of unbranched alkanes of at least 4 members (excludes halogenated alkanes) is 4. The van der Waals surface area contributed by atoms with Gasteiger partial charge in [-0.2, -0.15) is 0 Å². The molecule has 12 heavy (non-hydrogen) atoms. The van der Waals surface area contributed by atoms with Gasteiger partial charge in [-0.3, -0.25) is 0 Å². The second kappa shape index (κ2) is 7.35. The zero-order valence-electron chi connectivity index (χ0n) is 8.47. The molecule has 0 saturated heterocycles. The maximum atomic E-state index is 9.38. The van der Waals surface area contributed by atoms with Gasteiger partial charge in [0, 0.05) is 0 Å². The first-order valence-electron chi connectivity index (χ1n) is 5.02. The quantitative estimate of drug-likeness (QED) is 0.459. The Morgan fingerprint density at radius 1 is 1.25 bits per heavy atom. The highest BCUT2D eigenvalue weighted by molar-refractivity contribution is 4.96. The summed E-state index contributed by atoms with van der Waals surface area (Å²) in [6.07, 6.45) is 6.91. The lowest BCUT2D eigenvalue weighted by molar-refractivity contribution is 0.196. The molecule has 0 aromatic rings. The molecule has 1 heteroatoms. The van der Waals surface area contributed by atoms with E-state index in [4.69, 9.17) is 0 Å². The lowest BCUT2D eigenvalue weighted by atomic mass is 10.0. The molecule has 0 aliphatic carbocycles. The van der Waals surface area contributed by atoms with E-state index >= 15 is 0 Å². The van der Waals surface area contributed by atoms with Crippen LogP contribution in [-0.4, -0.2) is 11.2 Å². The summed E-state index contributed by atoms with van der Waals surface area (Å²) in [5.74, 6) is 0. The van der Waals surface area contributed by atoms with Crippen LogP contribution < -0.4 is 0 Å². The van der Waals surface area contributed by atoms with Crippen molar-refractivity contribution in [3.05, 3.63) is 12.2 Å². The predicted octanol–water partition coefficient (Wildman–Crippen LogP) is 3.28. The van der Waals surface area contributed by atoms with E-state index in [1.165, 1.54) is 25.7 Å². The summed E-state index contributed by atoms with van der Waals surface area (Å²) in [4.78, 5) is 0. The largest absolute Gasteiger partial charge is 0.389 e. The molecule has 0 radical (unpaired) electrons. The third-order valence-corrected chi connectivity index (χ3v) is 2.15. The Morgan fingerprint density at radius 2 is 1.83 bits per heavy atom. The highest BCUT2D eigenvalue weighted by Gasteiger charge is 2.02. The summed E-state index contributed by atoms with van der Waals surface area (Å²) < 4.78 is 0. The molecule has 1 N–H and O–H groups in total. The van der Waals surface area contributed by atoms with Crippen molar-refractivity contribution in [2.24, 2.45) is 0 Å². The highest BCUT2D eigenvalue weighted by Crippen LogP contribution is 2.10. The fourth-order valence-corrected chi connectivity index (χ4v) is 1.19. The smallest absolute Gasteiger partial charge is 0.0744 e. The minimum absolute atomic E-state index is 0.272. The molecule has 0 heterocycles. The third-order valence-electron chi connectivity index (χ3n) is 2.15. The monoisotopic (exact) mass is 170 g/mol. The number of hydrogen-bond donors (Lipinski definition) is 1. The fraction of sp³-hybridized carbons (Fsp3) is 0.818. The van der Waals surface area contributed by atoms with E-state index < -0.39 is 0 Å². The van der Waals surface area contributed by atoms with E-state index in [0.717, 1.165) is 18.4 Å². The van der Waals surface area contributed by atoms with Crippen molar-refractivity contribution in [1.29, 1.82) is 0 Å². The van der Waals surface area contributed by atoms with E-state index in [1.54, 1.807) is 0 Å². The first kappa shape index (κ1) is 11.7. The summed E-state index contributed by atoms with van der Waals surface area (Å²) in [6, 6.07) is 0. The van der Waals surface area contributed by atoms with Crippen LogP contribution in [0.15, 0.2) is 12.2 Å². The second-order valence-corrected chi connectivity index (χ2v) is 3.57. The number of rotatable bonds is 7. The van der Waals surface area contributed by atoms with Crippen molar-refractivity contribution in [1.82, 2.24) is 0 Å². The zero-order chi connectivity index (χ0) is 9.40. The molecule has 72 valence electrons. The topological polar surface area (TPSA) is 20.2 Å². The van der Waals surface area contributed by atoms with Crippen LogP contribution in [-0.2, 0) is 0 Å². The predicted molar refractivity (Wildman–Crippen MR) is 54.2 cm³/mol. The minimum Gasteiger partial charge on any atom is -0.389 e. The van der Waals surface area contributed by atoms with Crippen LogP contribution in [0.3, 0.4) is 0 Å². The molecule has 0 aromatic carbocycles. The van der Waals surface area contributed by atoms with Crippen LogP contribution in [0.5, 0.6) is 0 Å². The van der Waals surface area contributed by atoms with Gasteiger partial charge < -0.3 is 5.11 Å². The summed E-state index contributed by atoms with van der Waals surface area (Å²) in [5, 5.41) is 9.38. The molecule has 0 bridgehead atoms. The Balaban J connectivity index is 3.14. The SMILES string of the molecule is C=C(C)[C@H](O)CCCCCCC. The average molecular weight is 170 g/mol. The average Bonchev–Trinajstić information content (AvgIpc) is 2.03. The molecule has 0 fully saturated rings. The van der Waals surface area contributed by atoms with Gasteiger partial charge in [0.25, 0.3) is 0 Å². The van der Waals surface area contributed by atoms with Crippen LogP contribution in [0, 0.1) is 0 Å². The van der Waals surface area contributed by atoms with Gasteiger partial charge in [0.15, 0.2) is 0 Å². The summed E-state index contributed by atoms with van der Waals surface area (Å²) >= 11 is 0. The molecule has 1 nitrogen and oxygen atoms in total. The van der Waals surface area contributed by atoms with Crippen molar-refractivity contribution in [2.45, 2.75) is 58.5 Å². The summed E-state index contributed by atoms with van der Waals surface area (Å²) in [5.41, 5.74) is 0.894. The highest BCUT2D eigenvalue weighted by atomic mass is 16.3. The van der Waals surface area contributed by atoms with Crippen LogP contribution in [0.1, 0.15) is 52.4 Å². The zero-order valence-corrected chi connectivity index (χ0v) is 8.47. The first-order chi connectivity index (χ1) is 5.68. The van der Waals surface area contributed by atoms with E-state index in [2.05, 4.69) is 13.5 Å². The number of hydrogen-bond acceptors (Lipinski definition) is 1. The lowest BCUT2D eigenvalue weighted by Gasteiger charge is -2.08. The van der Waals surface area contributed by atoms with E-state index in [1.807, 2.05) is 6.92 Å². The van der Waals surface area contributed by atoms with E-state index in [-0.39, 0.29) is 6.10 Å². The van der Waals surface area contributed by atoms with Gasteiger partial charge >= 0.3 is 0 Å². The van der Waals surface area contributed by atoms with Gasteiger partial charge in [0.2, 0.25) is 0 Å². The Morgan fingerprint density at radius 3 is 2.33 bits per heavy atom. The van der Waals surface area contributed by atoms with Crippen LogP contribution in [0.4, 0.5) is 0 Å². The molecular formula is C11H22O. The Hall–Kier alpha value is -0.300. The van der Waals surface area contributed by atoms with Gasteiger partial charge in [-0.15, -0.1) is 0 Å². The van der Waals surface area contributed by atoms with Crippen LogP contribution in [0.2, 0.25) is 0 Å². The molecule has 0 saturated carbocycles. The summed E-state index contributed by atoms with van der Waals surface area (Å²) in [7, 11) is 0. The van der Waals surface area contributed by atoms with Gasteiger partial charge in [0.05, 0.1) is 6.10 Å². The molecule has 0 aliphatic rings. The van der Waals surface area contributed by atoms with Gasteiger partial charge in [-0.05, 0) is 13.3 Å². The Kier molecular flexibility index (Phi) is 7.17. The van der Waals surface area contributed by atoms with Crippen molar-refractivity contribution in [3.63, 3.8) is 0 Å². The molecule has 0 amide bonds. The first-order valence-corrected chi connectivity index (χ1v) is 5.02. The van der Waals surface area contributed by atoms with E-state index in [0.29, 0.717) is 0 Å². The van der Waals surface area contributed by atoms with Crippen LogP contribution >= 0.6 is 0 Å². The molecular weight excluding hydrogens is 148 g/mol. The third kappa shape index (κ3) is 6.41.